The molecule has 54 heavy (non-hydrogen) atoms. The van der Waals surface area contributed by atoms with Crippen molar-refractivity contribution < 1.29 is 23.5 Å². The quantitative estimate of drug-likeness (QED) is 0.130. The van der Waals surface area contributed by atoms with Gasteiger partial charge in [-0.05, 0) is 25.3 Å². The summed E-state index contributed by atoms with van der Waals surface area (Å²) in [7, 11) is 3.12. The summed E-state index contributed by atoms with van der Waals surface area (Å²) in [6.07, 6.45) is 9.34. The normalized spacial score (nSPS) is 16.0. The molecule has 280 valence electrons. The molecule has 2 saturated heterocycles. The molecule has 13 nitrogen and oxygen atoms in total. The maximum absolute atomic E-state index is 12.7. The zero-order valence-corrected chi connectivity index (χ0v) is 31.4. The summed E-state index contributed by atoms with van der Waals surface area (Å²) in [5.41, 5.74) is 5.75. The number of halogens is 2. The van der Waals surface area contributed by atoms with Crippen LogP contribution >= 0.6 is 23.2 Å². The fourth-order valence-electron chi connectivity index (χ4n) is 6.79. The minimum absolute atomic E-state index is 0.0126. The topological polar surface area (TPSA) is 157 Å². The zero-order chi connectivity index (χ0) is 37.6. The van der Waals surface area contributed by atoms with Gasteiger partial charge in [-0.1, -0.05) is 59.6 Å². The van der Waals surface area contributed by atoms with E-state index < -0.39 is 0 Å². The lowest BCUT2D eigenvalue weighted by Gasteiger charge is -2.32. The van der Waals surface area contributed by atoms with Crippen LogP contribution in [-0.4, -0.2) is 82.6 Å². The summed E-state index contributed by atoms with van der Waals surface area (Å²) in [5, 5.41) is 10.7. The lowest BCUT2D eigenvalue weighted by Crippen LogP contribution is -2.44. The molecule has 3 aromatic heterocycles. The van der Waals surface area contributed by atoms with Gasteiger partial charge in [0.25, 0.3) is 5.91 Å². The van der Waals surface area contributed by atoms with Crippen molar-refractivity contribution in [3.8, 4) is 45.4 Å². The summed E-state index contributed by atoms with van der Waals surface area (Å²) < 4.78 is 16.3. The standard InChI is InChI=1S/C39H40Cl2N8O5/c1-52-37-32(18-42-17-25-9-10-34(50)46-25)44-19-30(47-37)28-7-3-5-26(35(28)40)27-6-4-8-29(36(27)41)31-20-45-33(38(48-31)53-2)21-43-24-11-14-49(15-12-24)39(51)23-13-16-54-22-23/h3-8,13,16,19-20,22,24-25,42-43H,9-12,14-15,17-18,21H2,1-2H3,(H,46,50)/t25-/m0/s1. The molecule has 2 aliphatic rings. The third-order valence-corrected chi connectivity index (χ3v) is 10.5. The highest BCUT2D eigenvalue weighted by molar-refractivity contribution is 6.39. The molecule has 15 heteroatoms. The molecular weight excluding hydrogens is 731 g/mol. The van der Waals surface area contributed by atoms with Gasteiger partial charge < -0.3 is 34.7 Å². The summed E-state index contributed by atoms with van der Waals surface area (Å²) in [4.78, 5) is 44.9. The maximum Gasteiger partial charge on any atom is 0.257 e. The molecule has 5 aromatic rings. The van der Waals surface area contributed by atoms with E-state index in [1.165, 1.54) is 12.5 Å². The first kappa shape index (κ1) is 37.2. The Balaban J connectivity index is 1.04. The Labute approximate surface area is 322 Å². The van der Waals surface area contributed by atoms with Crippen LogP contribution in [0.4, 0.5) is 0 Å². The number of hydrogen-bond acceptors (Lipinski definition) is 11. The van der Waals surface area contributed by atoms with E-state index in [0.29, 0.717) is 112 Å². The molecule has 2 aromatic carbocycles. The number of nitrogens with zero attached hydrogens (tertiary/aromatic N) is 5. The molecule has 0 saturated carbocycles. The van der Waals surface area contributed by atoms with Crippen molar-refractivity contribution in [3.63, 3.8) is 0 Å². The molecule has 2 aliphatic heterocycles. The number of likely N-dealkylation sites (tertiary alicyclic amines) is 1. The van der Waals surface area contributed by atoms with Gasteiger partial charge in [-0.25, -0.2) is 9.97 Å². The van der Waals surface area contributed by atoms with Gasteiger partial charge in [-0.3, -0.25) is 19.6 Å². The molecule has 0 bridgehead atoms. The maximum atomic E-state index is 12.7. The van der Waals surface area contributed by atoms with Crippen molar-refractivity contribution in [3.05, 3.63) is 94.4 Å². The lowest BCUT2D eigenvalue weighted by atomic mass is 9.98. The number of carbonyl (C=O) groups is 2. The van der Waals surface area contributed by atoms with Gasteiger partial charge >= 0.3 is 0 Å². The van der Waals surface area contributed by atoms with Crippen molar-refractivity contribution in [2.75, 3.05) is 33.9 Å². The van der Waals surface area contributed by atoms with Crippen LogP contribution < -0.4 is 25.4 Å². The molecule has 1 atom stereocenters. The van der Waals surface area contributed by atoms with Crippen LogP contribution in [0.25, 0.3) is 33.6 Å². The fraction of sp³-hybridized carbons (Fsp3) is 0.333. The van der Waals surface area contributed by atoms with E-state index in [4.69, 9.17) is 52.0 Å². The average Bonchev–Trinajstić information content (AvgIpc) is 3.90. The van der Waals surface area contributed by atoms with Crippen molar-refractivity contribution in [1.82, 2.24) is 40.8 Å². The number of carbonyl (C=O) groups excluding carboxylic acids is 2. The molecule has 0 unspecified atom stereocenters. The lowest BCUT2D eigenvalue weighted by molar-refractivity contribution is -0.119. The highest BCUT2D eigenvalue weighted by Gasteiger charge is 2.25. The Bertz CT molecular complexity index is 2120. The SMILES string of the molecule is COc1nc(-c2cccc(-c3cccc(-c4cnc(CNC5CCN(C(=O)c6ccoc6)CC5)c(OC)n4)c3Cl)c2Cl)cnc1CNC[C@@H]1CCC(=O)N1. The van der Waals surface area contributed by atoms with E-state index in [-0.39, 0.29) is 23.9 Å². The van der Waals surface area contributed by atoms with E-state index in [1.807, 2.05) is 41.3 Å². The smallest absolute Gasteiger partial charge is 0.257 e. The molecule has 0 spiro atoms. The second kappa shape index (κ2) is 16.9. The van der Waals surface area contributed by atoms with Crippen molar-refractivity contribution in [1.29, 1.82) is 0 Å². The van der Waals surface area contributed by atoms with Crippen LogP contribution in [0.3, 0.4) is 0 Å². The van der Waals surface area contributed by atoms with E-state index in [2.05, 4.69) is 20.9 Å². The number of hydrogen-bond donors (Lipinski definition) is 3. The number of amides is 2. The van der Waals surface area contributed by atoms with Crippen molar-refractivity contribution in [2.24, 2.45) is 0 Å². The first-order valence-corrected chi connectivity index (χ1v) is 18.5. The largest absolute Gasteiger partial charge is 0.480 e. The van der Waals surface area contributed by atoms with Crippen molar-refractivity contribution in [2.45, 2.75) is 50.9 Å². The van der Waals surface area contributed by atoms with Crippen LogP contribution in [0.2, 0.25) is 10.0 Å². The van der Waals surface area contributed by atoms with E-state index in [0.717, 1.165) is 19.3 Å². The zero-order valence-electron chi connectivity index (χ0n) is 29.9. The highest BCUT2D eigenvalue weighted by atomic mass is 35.5. The molecule has 0 aliphatic carbocycles. The van der Waals surface area contributed by atoms with Gasteiger partial charge in [0.05, 0.1) is 59.9 Å². The molecule has 7 rings (SSSR count). The molecular formula is C39H40Cl2N8O5. The predicted molar refractivity (Wildman–Crippen MR) is 204 cm³/mol. The van der Waals surface area contributed by atoms with Crippen molar-refractivity contribution >= 4 is 35.0 Å². The van der Waals surface area contributed by atoms with Gasteiger partial charge in [-0.15, -0.1) is 0 Å². The van der Waals surface area contributed by atoms with E-state index in [9.17, 15) is 9.59 Å². The van der Waals surface area contributed by atoms with E-state index in [1.54, 1.807) is 32.7 Å². The number of ether oxygens (including phenoxy) is 2. The summed E-state index contributed by atoms with van der Waals surface area (Å²) in [5.74, 6) is 0.841. The monoisotopic (exact) mass is 770 g/mol. The highest BCUT2D eigenvalue weighted by Crippen LogP contribution is 2.42. The van der Waals surface area contributed by atoms with E-state index >= 15 is 0 Å². The number of nitrogens with one attached hydrogen (secondary N) is 3. The van der Waals surface area contributed by atoms with Crippen LogP contribution in [0.5, 0.6) is 11.8 Å². The van der Waals surface area contributed by atoms with Gasteiger partial charge in [-0.2, -0.15) is 0 Å². The Hall–Kier alpha value is -5.08. The first-order valence-electron chi connectivity index (χ1n) is 17.8. The fourth-order valence-corrected chi connectivity index (χ4v) is 7.44. The molecule has 2 amide bonds. The van der Waals surface area contributed by atoms with Crippen LogP contribution in [-0.2, 0) is 17.9 Å². The molecule has 0 radical (unpaired) electrons. The molecule has 2 fully saturated rings. The average molecular weight is 772 g/mol. The number of aromatic nitrogens is 4. The third-order valence-electron chi connectivity index (χ3n) is 9.73. The Morgan fingerprint density at radius 3 is 2.00 bits per heavy atom. The number of methoxy groups -OCH3 is 2. The Morgan fingerprint density at radius 1 is 0.870 bits per heavy atom. The Morgan fingerprint density at radius 2 is 1.46 bits per heavy atom. The van der Waals surface area contributed by atoms with Crippen LogP contribution in [0.1, 0.15) is 47.4 Å². The van der Waals surface area contributed by atoms with Gasteiger partial charge in [0.15, 0.2) is 0 Å². The van der Waals surface area contributed by atoms with Gasteiger partial charge in [0.1, 0.15) is 17.7 Å². The first-order chi connectivity index (χ1) is 26.3. The number of piperidine rings is 1. The number of benzene rings is 2. The second-order valence-electron chi connectivity index (χ2n) is 13.2. The predicted octanol–water partition coefficient (Wildman–Crippen LogP) is 5.95. The van der Waals surface area contributed by atoms with Crippen LogP contribution in [0, 0.1) is 0 Å². The number of furan rings is 1. The third kappa shape index (κ3) is 8.19. The summed E-state index contributed by atoms with van der Waals surface area (Å²) in [6, 6.07) is 13.4. The van der Waals surface area contributed by atoms with Gasteiger partial charge in [0.2, 0.25) is 17.7 Å². The summed E-state index contributed by atoms with van der Waals surface area (Å²) in [6.45, 7) is 2.82. The van der Waals surface area contributed by atoms with Crippen LogP contribution in [0.15, 0.2) is 71.8 Å². The summed E-state index contributed by atoms with van der Waals surface area (Å²) >= 11 is 14.2. The molecule has 5 heterocycles. The second-order valence-corrected chi connectivity index (χ2v) is 13.9. The molecule has 3 N–H and O–H groups in total. The number of rotatable bonds is 13. The minimum Gasteiger partial charge on any atom is -0.480 e. The minimum atomic E-state index is -0.0126. The van der Waals surface area contributed by atoms with Gasteiger partial charge in [0, 0.05) is 73.5 Å². The Kier molecular flexibility index (Phi) is 11.7.